The number of pyridine rings is 1. The molecule has 1 aromatic carbocycles. The summed E-state index contributed by atoms with van der Waals surface area (Å²) in [6.07, 6.45) is 10.2. The third kappa shape index (κ3) is 5.83. The van der Waals surface area contributed by atoms with Crippen molar-refractivity contribution < 1.29 is 9.59 Å². The minimum atomic E-state index is -0.340. The molecule has 2 aliphatic rings. The van der Waals surface area contributed by atoms with E-state index in [1.807, 2.05) is 31.2 Å². The number of nitrogens with one attached hydrogen (secondary N) is 2. The van der Waals surface area contributed by atoms with Crippen LogP contribution >= 0.6 is 0 Å². The van der Waals surface area contributed by atoms with Gasteiger partial charge in [-0.1, -0.05) is 6.07 Å². The summed E-state index contributed by atoms with van der Waals surface area (Å²) in [5, 5.41) is 5.76. The molecular weight excluding hydrogens is 466 g/mol. The highest BCUT2D eigenvalue weighted by Gasteiger charge is 2.29. The lowest BCUT2D eigenvalue weighted by Gasteiger charge is -2.11. The van der Waals surface area contributed by atoms with Gasteiger partial charge < -0.3 is 22.1 Å². The van der Waals surface area contributed by atoms with Crippen molar-refractivity contribution in [3.8, 4) is 22.6 Å². The van der Waals surface area contributed by atoms with Crippen LogP contribution < -0.4 is 22.1 Å². The number of hydrogen-bond acceptors (Lipinski definition) is 7. The molecule has 2 amide bonds. The molecule has 0 radical (unpaired) electrons. The molecule has 0 aliphatic heterocycles. The van der Waals surface area contributed by atoms with Gasteiger partial charge in [-0.2, -0.15) is 0 Å². The van der Waals surface area contributed by atoms with E-state index in [2.05, 4.69) is 20.6 Å². The smallest absolute Gasteiger partial charge is 0.257 e. The second-order valence-corrected chi connectivity index (χ2v) is 9.48. The number of hydrogen-bond donors (Lipinski definition) is 4. The van der Waals surface area contributed by atoms with E-state index in [-0.39, 0.29) is 17.7 Å². The molecule has 9 heteroatoms. The quantitative estimate of drug-likeness (QED) is 0.273. The molecule has 6 N–H and O–H groups in total. The van der Waals surface area contributed by atoms with Crippen LogP contribution in [-0.2, 0) is 9.59 Å². The van der Waals surface area contributed by atoms with Crippen molar-refractivity contribution in [1.82, 2.24) is 15.0 Å². The number of amides is 2. The number of benzene rings is 1. The molecule has 9 nitrogen and oxygen atoms in total. The molecule has 0 bridgehead atoms. The fourth-order valence-corrected chi connectivity index (χ4v) is 3.93. The van der Waals surface area contributed by atoms with Gasteiger partial charge in [-0.3, -0.25) is 9.59 Å². The van der Waals surface area contributed by atoms with Crippen molar-refractivity contribution in [3.05, 3.63) is 77.9 Å². The first-order chi connectivity index (χ1) is 17.9. The summed E-state index contributed by atoms with van der Waals surface area (Å²) in [7, 11) is 0. The standard InChI is InChI=1S/C28H29N7O2/c1-16-2-7-21(33-28(37)20(15-29)12-23(30)17-3-4-17)14-22(16)26-32-11-9-24(34-26)19-8-10-31-25(13-19)35-27(36)18-5-6-18/h2,7-15,17-18H,3-6,29-30H2,1H3,(H,33,37)(H,31,35,36)/b20-15+,23-12-. The molecule has 2 fully saturated rings. The normalized spacial score (nSPS) is 15.8. The number of allylic oxidation sites excluding steroid dienone is 1. The van der Waals surface area contributed by atoms with Crippen LogP contribution in [0.3, 0.4) is 0 Å². The molecule has 37 heavy (non-hydrogen) atoms. The number of rotatable bonds is 8. The molecule has 0 saturated heterocycles. The zero-order valence-corrected chi connectivity index (χ0v) is 20.6. The second kappa shape index (κ2) is 10.2. The van der Waals surface area contributed by atoms with E-state index < -0.39 is 0 Å². The van der Waals surface area contributed by atoms with Gasteiger partial charge >= 0.3 is 0 Å². The number of nitrogens with two attached hydrogens (primary N) is 2. The van der Waals surface area contributed by atoms with E-state index in [0.29, 0.717) is 40.2 Å². The average Bonchev–Trinajstić information content (AvgIpc) is 3.81. The Hall–Kier alpha value is -4.53. The third-order valence-corrected chi connectivity index (χ3v) is 6.46. The van der Waals surface area contributed by atoms with Crippen molar-refractivity contribution in [3.63, 3.8) is 0 Å². The van der Waals surface area contributed by atoms with E-state index in [1.54, 1.807) is 30.6 Å². The minimum absolute atomic E-state index is 0.000803. The topological polar surface area (TPSA) is 149 Å². The van der Waals surface area contributed by atoms with Gasteiger partial charge in [0.1, 0.15) is 5.82 Å². The SMILES string of the molecule is Cc1ccc(NC(=O)C(/C=C(\N)C2CC2)=C/N)cc1-c1nccc(-c2ccnc(NC(=O)C3CC3)c2)n1. The van der Waals surface area contributed by atoms with Gasteiger partial charge in [0.15, 0.2) is 5.82 Å². The van der Waals surface area contributed by atoms with Crippen LogP contribution in [0.1, 0.15) is 31.2 Å². The van der Waals surface area contributed by atoms with Gasteiger partial charge in [-0.15, -0.1) is 0 Å². The average molecular weight is 496 g/mol. The Morgan fingerprint density at radius 1 is 0.973 bits per heavy atom. The highest BCUT2D eigenvalue weighted by molar-refractivity contribution is 6.06. The van der Waals surface area contributed by atoms with E-state index in [9.17, 15) is 9.59 Å². The summed E-state index contributed by atoms with van der Waals surface area (Å²) in [6.45, 7) is 1.96. The van der Waals surface area contributed by atoms with Crippen LogP contribution in [0.25, 0.3) is 22.6 Å². The summed E-state index contributed by atoms with van der Waals surface area (Å²) in [5.41, 5.74) is 16.6. The Morgan fingerprint density at radius 2 is 1.73 bits per heavy atom. The molecule has 188 valence electrons. The number of anilines is 2. The van der Waals surface area contributed by atoms with Crippen LogP contribution in [0.4, 0.5) is 11.5 Å². The first-order valence-electron chi connectivity index (χ1n) is 12.3. The van der Waals surface area contributed by atoms with E-state index >= 15 is 0 Å². The molecule has 2 aromatic heterocycles. The van der Waals surface area contributed by atoms with Crippen molar-refractivity contribution in [1.29, 1.82) is 0 Å². The number of carbonyl (C=O) groups is 2. The third-order valence-electron chi connectivity index (χ3n) is 6.46. The Bertz CT molecular complexity index is 1420. The second-order valence-electron chi connectivity index (χ2n) is 9.48. The van der Waals surface area contributed by atoms with Crippen molar-refractivity contribution in [2.75, 3.05) is 10.6 Å². The van der Waals surface area contributed by atoms with Crippen molar-refractivity contribution in [2.24, 2.45) is 23.3 Å². The van der Waals surface area contributed by atoms with Crippen molar-refractivity contribution >= 4 is 23.3 Å². The molecule has 0 spiro atoms. The summed E-state index contributed by atoms with van der Waals surface area (Å²) in [6, 6.07) is 11.0. The van der Waals surface area contributed by atoms with Crippen molar-refractivity contribution in [2.45, 2.75) is 32.6 Å². The maximum Gasteiger partial charge on any atom is 0.257 e. The van der Waals surface area contributed by atoms with Gasteiger partial charge in [0.2, 0.25) is 5.91 Å². The Balaban J connectivity index is 1.37. The van der Waals surface area contributed by atoms with Crippen LogP contribution in [0.15, 0.2) is 72.3 Å². The lowest BCUT2D eigenvalue weighted by atomic mass is 10.1. The van der Waals surface area contributed by atoms with Gasteiger partial charge in [0, 0.05) is 47.0 Å². The summed E-state index contributed by atoms with van der Waals surface area (Å²) < 4.78 is 0. The fraction of sp³-hybridized carbons (Fsp3) is 0.250. The van der Waals surface area contributed by atoms with Gasteiger partial charge in [-0.05, 0) is 80.5 Å². The van der Waals surface area contributed by atoms with Crippen LogP contribution in [-0.4, -0.2) is 26.8 Å². The number of nitrogens with zero attached hydrogens (tertiary/aromatic N) is 3. The highest BCUT2D eigenvalue weighted by atomic mass is 16.2. The monoisotopic (exact) mass is 495 g/mol. The first kappa shape index (κ1) is 24.2. The molecule has 2 aliphatic carbocycles. The first-order valence-corrected chi connectivity index (χ1v) is 12.3. The molecule has 0 unspecified atom stereocenters. The zero-order valence-electron chi connectivity index (χ0n) is 20.6. The highest BCUT2D eigenvalue weighted by Crippen LogP contribution is 2.34. The zero-order chi connectivity index (χ0) is 25.9. The predicted octanol–water partition coefficient (Wildman–Crippen LogP) is 3.90. The maximum absolute atomic E-state index is 12.8. The molecular formula is C28H29N7O2. The summed E-state index contributed by atoms with van der Waals surface area (Å²) in [5.74, 6) is 1.10. The van der Waals surface area contributed by atoms with Gasteiger partial charge in [0.05, 0.1) is 11.3 Å². The molecule has 3 aromatic rings. The number of carbonyl (C=O) groups excluding carboxylic acids is 2. The van der Waals surface area contributed by atoms with E-state index in [0.717, 1.165) is 42.4 Å². The lowest BCUT2D eigenvalue weighted by molar-refractivity contribution is -0.117. The van der Waals surface area contributed by atoms with Gasteiger partial charge in [0.25, 0.3) is 5.91 Å². The largest absolute Gasteiger partial charge is 0.404 e. The van der Waals surface area contributed by atoms with Crippen LogP contribution in [0.5, 0.6) is 0 Å². The Kier molecular flexibility index (Phi) is 6.68. The predicted molar refractivity (Wildman–Crippen MR) is 143 cm³/mol. The lowest BCUT2D eigenvalue weighted by Crippen LogP contribution is -2.16. The fourth-order valence-electron chi connectivity index (χ4n) is 3.93. The Labute approximate surface area is 215 Å². The van der Waals surface area contributed by atoms with E-state index in [4.69, 9.17) is 16.5 Å². The van der Waals surface area contributed by atoms with E-state index in [1.165, 1.54) is 6.20 Å². The van der Waals surface area contributed by atoms with Crippen LogP contribution in [0.2, 0.25) is 0 Å². The molecule has 2 heterocycles. The molecule has 5 rings (SSSR count). The number of aromatic nitrogens is 3. The van der Waals surface area contributed by atoms with Crippen LogP contribution in [0, 0.1) is 18.8 Å². The Morgan fingerprint density at radius 3 is 2.46 bits per heavy atom. The number of aryl methyl sites for hydroxylation is 1. The maximum atomic E-state index is 12.8. The molecule has 2 saturated carbocycles. The van der Waals surface area contributed by atoms with Gasteiger partial charge in [-0.25, -0.2) is 15.0 Å². The minimum Gasteiger partial charge on any atom is -0.404 e. The molecule has 0 atom stereocenters. The summed E-state index contributed by atoms with van der Waals surface area (Å²) in [4.78, 5) is 38.4. The summed E-state index contributed by atoms with van der Waals surface area (Å²) >= 11 is 0.